The van der Waals surface area contributed by atoms with Crippen LogP contribution in [0.15, 0.2) is 12.1 Å². The lowest BCUT2D eigenvalue weighted by Crippen LogP contribution is -2.39. The van der Waals surface area contributed by atoms with Crippen molar-refractivity contribution in [3.05, 3.63) is 17.2 Å². The molecule has 0 radical (unpaired) electrons. The number of carbonyl (C=O) groups is 1. The topological polar surface area (TPSA) is 50.8 Å². The number of hydrogen-bond acceptors (Lipinski definition) is 5. The fourth-order valence-electron chi connectivity index (χ4n) is 1.89. The van der Waals surface area contributed by atoms with E-state index in [1.165, 1.54) is 0 Å². The predicted octanol–water partition coefficient (Wildman–Crippen LogP) is 2.14. The maximum atomic E-state index is 11.7. The van der Waals surface area contributed by atoms with Gasteiger partial charge in [-0.05, 0) is 13.0 Å². The molecule has 1 aromatic carbocycles. The first kappa shape index (κ1) is 13.8. The van der Waals surface area contributed by atoms with Gasteiger partial charge in [-0.1, -0.05) is 11.6 Å². The van der Waals surface area contributed by atoms with Gasteiger partial charge in [0.15, 0.2) is 0 Å². The number of anilines is 2. The number of carbonyl (C=O) groups excluding carboxylic acids is 1. The zero-order valence-corrected chi connectivity index (χ0v) is 12.0. The van der Waals surface area contributed by atoms with Gasteiger partial charge in [0.25, 0.3) is 0 Å². The molecular weight excluding hydrogens is 268 g/mol. The summed E-state index contributed by atoms with van der Waals surface area (Å²) < 4.78 is 10.6. The summed E-state index contributed by atoms with van der Waals surface area (Å²) in [6.45, 7) is 2.49. The fraction of sp³-hybridized carbons (Fsp3) is 0.462. The number of nitrogens with zero attached hydrogens (tertiary/aromatic N) is 1. The van der Waals surface area contributed by atoms with Crippen LogP contribution in [0.4, 0.5) is 11.4 Å². The SMILES string of the molecule is CCOC(=O)C1CNc2cc(Cl)c(N(C)C)cc2O1. The van der Waals surface area contributed by atoms with Gasteiger partial charge in [0.2, 0.25) is 6.10 Å². The Labute approximate surface area is 117 Å². The molecule has 6 heteroatoms. The van der Waals surface area contributed by atoms with Crippen molar-refractivity contribution in [3.63, 3.8) is 0 Å². The smallest absolute Gasteiger partial charge is 0.349 e. The van der Waals surface area contributed by atoms with Gasteiger partial charge in [-0.25, -0.2) is 4.79 Å². The maximum absolute atomic E-state index is 11.7. The van der Waals surface area contributed by atoms with Crippen LogP contribution in [-0.4, -0.2) is 39.3 Å². The third kappa shape index (κ3) is 2.87. The van der Waals surface area contributed by atoms with E-state index in [2.05, 4.69) is 5.32 Å². The number of nitrogens with one attached hydrogen (secondary N) is 1. The van der Waals surface area contributed by atoms with Gasteiger partial charge >= 0.3 is 5.97 Å². The monoisotopic (exact) mass is 284 g/mol. The molecule has 0 aromatic heterocycles. The summed E-state index contributed by atoms with van der Waals surface area (Å²) in [5.74, 6) is 0.249. The lowest BCUT2D eigenvalue weighted by atomic mass is 10.2. The van der Waals surface area contributed by atoms with Crippen LogP contribution in [0.25, 0.3) is 0 Å². The Morgan fingerprint density at radius 1 is 1.58 bits per heavy atom. The largest absolute Gasteiger partial charge is 0.475 e. The summed E-state index contributed by atoms with van der Waals surface area (Å²) >= 11 is 6.18. The third-order valence-corrected chi connectivity index (χ3v) is 3.13. The maximum Gasteiger partial charge on any atom is 0.349 e. The first-order chi connectivity index (χ1) is 9.02. The van der Waals surface area contributed by atoms with E-state index in [4.69, 9.17) is 21.1 Å². The number of rotatable bonds is 3. The Bertz CT molecular complexity index is 491. The molecule has 0 saturated heterocycles. The van der Waals surface area contributed by atoms with E-state index in [9.17, 15) is 4.79 Å². The van der Waals surface area contributed by atoms with Crippen LogP contribution in [0.3, 0.4) is 0 Å². The highest BCUT2D eigenvalue weighted by Gasteiger charge is 2.28. The molecule has 5 nitrogen and oxygen atoms in total. The molecule has 1 aromatic rings. The highest BCUT2D eigenvalue weighted by Crippen LogP contribution is 2.38. The Morgan fingerprint density at radius 3 is 2.95 bits per heavy atom. The molecule has 1 unspecified atom stereocenters. The van der Waals surface area contributed by atoms with E-state index in [1.54, 1.807) is 13.0 Å². The van der Waals surface area contributed by atoms with Gasteiger partial charge in [-0.15, -0.1) is 0 Å². The third-order valence-electron chi connectivity index (χ3n) is 2.83. The molecule has 0 saturated carbocycles. The van der Waals surface area contributed by atoms with E-state index in [0.29, 0.717) is 23.9 Å². The van der Waals surface area contributed by atoms with Crippen LogP contribution in [0, 0.1) is 0 Å². The van der Waals surface area contributed by atoms with Gasteiger partial charge in [0.1, 0.15) is 5.75 Å². The predicted molar refractivity (Wildman–Crippen MR) is 75.3 cm³/mol. The van der Waals surface area contributed by atoms with Crippen LogP contribution in [0.2, 0.25) is 5.02 Å². The van der Waals surface area contributed by atoms with Crippen molar-refractivity contribution in [3.8, 4) is 5.75 Å². The van der Waals surface area contributed by atoms with Crippen LogP contribution < -0.4 is 15.0 Å². The summed E-state index contributed by atoms with van der Waals surface area (Å²) in [5, 5.41) is 3.76. The second-order valence-corrected chi connectivity index (χ2v) is 4.84. The minimum Gasteiger partial charge on any atom is -0.475 e. The highest BCUT2D eigenvalue weighted by molar-refractivity contribution is 6.33. The summed E-state index contributed by atoms with van der Waals surface area (Å²) in [6, 6.07) is 3.61. The summed E-state index contributed by atoms with van der Waals surface area (Å²) in [4.78, 5) is 13.6. The van der Waals surface area contributed by atoms with Gasteiger partial charge in [0, 0.05) is 20.2 Å². The Hall–Kier alpha value is -1.62. The minimum absolute atomic E-state index is 0.342. The van der Waals surface area contributed by atoms with E-state index in [-0.39, 0.29) is 5.97 Å². The molecule has 0 fully saturated rings. The second kappa shape index (κ2) is 5.57. The first-order valence-electron chi connectivity index (χ1n) is 6.11. The van der Waals surface area contributed by atoms with E-state index >= 15 is 0 Å². The molecule has 1 aliphatic heterocycles. The zero-order chi connectivity index (χ0) is 14.0. The lowest BCUT2D eigenvalue weighted by molar-refractivity contribution is -0.150. The number of hydrogen-bond donors (Lipinski definition) is 1. The molecule has 0 bridgehead atoms. The van der Waals surface area contributed by atoms with Crippen molar-refractivity contribution in [2.75, 3.05) is 37.5 Å². The van der Waals surface area contributed by atoms with E-state index < -0.39 is 6.10 Å². The number of fused-ring (bicyclic) bond motifs is 1. The van der Waals surface area contributed by atoms with Crippen LogP contribution in [-0.2, 0) is 9.53 Å². The van der Waals surface area contributed by atoms with Gasteiger partial charge < -0.3 is 19.7 Å². The normalized spacial score (nSPS) is 16.9. The summed E-state index contributed by atoms with van der Waals surface area (Å²) in [5.41, 5.74) is 1.63. The standard InChI is InChI=1S/C13H17ClN2O3/c1-4-18-13(17)12-7-15-9-5-8(14)10(16(2)3)6-11(9)19-12/h5-6,12,15H,4,7H2,1-3H3. The quantitative estimate of drug-likeness (QED) is 0.862. The lowest BCUT2D eigenvalue weighted by Gasteiger charge is -2.27. The van der Waals surface area contributed by atoms with Gasteiger partial charge in [-0.2, -0.15) is 0 Å². The van der Waals surface area contributed by atoms with E-state index in [0.717, 1.165) is 11.4 Å². The molecule has 0 amide bonds. The molecule has 104 valence electrons. The Balaban J connectivity index is 2.24. The van der Waals surface area contributed by atoms with Crippen LogP contribution >= 0.6 is 11.6 Å². The highest BCUT2D eigenvalue weighted by atomic mass is 35.5. The average Bonchev–Trinajstić information content (AvgIpc) is 2.37. The number of ether oxygens (including phenoxy) is 2. The van der Waals surface area contributed by atoms with Crippen molar-refractivity contribution < 1.29 is 14.3 Å². The molecule has 1 aliphatic rings. The first-order valence-corrected chi connectivity index (χ1v) is 6.48. The van der Waals surface area contributed by atoms with Crippen LogP contribution in [0.5, 0.6) is 5.75 Å². The molecule has 19 heavy (non-hydrogen) atoms. The zero-order valence-electron chi connectivity index (χ0n) is 11.2. The molecule has 0 spiro atoms. The number of halogens is 1. The average molecular weight is 285 g/mol. The Kier molecular flexibility index (Phi) is 4.04. The number of benzene rings is 1. The summed E-state index contributed by atoms with van der Waals surface area (Å²) in [6.07, 6.45) is -0.622. The van der Waals surface area contributed by atoms with Gasteiger partial charge in [0.05, 0.1) is 29.5 Å². The molecular formula is C13H17ClN2O3. The fourth-order valence-corrected chi connectivity index (χ4v) is 2.22. The van der Waals surface area contributed by atoms with Crippen molar-refractivity contribution >= 4 is 28.9 Å². The molecule has 1 heterocycles. The molecule has 1 N–H and O–H groups in total. The Morgan fingerprint density at radius 2 is 2.32 bits per heavy atom. The van der Waals surface area contributed by atoms with Crippen molar-refractivity contribution in [1.82, 2.24) is 0 Å². The molecule has 2 rings (SSSR count). The minimum atomic E-state index is -0.622. The van der Waals surface area contributed by atoms with Crippen molar-refractivity contribution in [2.45, 2.75) is 13.0 Å². The summed E-state index contributed by atoms with van der Waals surface area (Å²) in [7, 11) is 3.79. The second-order valence-electron chi connectivity index (χ2n) is 4.43. The van der Waals surface area contributed by atoms with Gasteiger partial charge in [-0.3, -0.25) is 0 Å². The van der Waals surface area contributed by atoms with Crippen molar-refractivity contribution in [1.29, 1.82) is 0 Å². The molecule has 1 atom stereocenters. The van der Waals surface area contributed by atoms with E-state index in [1.807, 2.05) is 25.1 Å². The molecule has 0 aliphatic carbocycles. The number of esters is 1. The van der Waals surface area contributed by atoms with Crippen LogP contribution in [0.1, 0.15) is 6.92 Å². The van der Waals surface area contributed by atoms with Crippen molar-refractivity contribution in [2.24, 2.45) is 0 Å².